The Kier molecular flexibility index (Phi) is 4.28. The largest absolute Gasteiger partial charge is 0.476 e. The van der Waals surface area contributed by atoms with Crippen LogP contribution < -0.4 is 4.90 Å². The lowest BCUT2D eigenvalue weighted by molar-refractivity contribution is 0.0690. The number of hydrogen-bond acceptors (Lipinski definition) is 5. The smallest absolute Gasteiger partial charge is 0.356 e. The zero-order valence-electron chi connectivity index (χ0n) is 14.7. The molecule has 1 saturated heterocycles. The molecule has 1 aliphatic heterocycles. The first kappa shape index (κ1) is 16.5. The number of benzene rings is 1. The van der Waals surface area contributed by atoms with Gasteiger partial charge in [0, 0.05) is 25.6 Å². The van der Waals surface area contributed by atoms with Crippen LogP contribution in [0.5, 0.6) is 0 Å². The molecule has 4 rings (SSSR count). The van der Waals surface area contributed by atoms with Crippen molar-refractivity contribution in [2.45, 2.75) is 32.2 Å². The van der Waals surface area contributed by atoms with Gasteiger partial charge in [0.1, 0.15) is 11.6 Å². The van der Waals surface area contributed by atoms with Crippen LogP contribution in [0.25, 0.3) is 11.0 Å². The standard InChI is InChI=1S/C19H21N5O2/c1-2-17-22-14-5-3-4-6-16(14)24(17)13-7-9-23(10-8-13)18-12-20-15(11-21-18)19(25)26/h3-6,11-13H,2,7-10H2,1H3,(H,25,26). The normalized spacial score (nSPS) is 15.5. The minimum Gasteiger partial charge on any atom is -0.476 e. The molecule has 1 N–H and O–H groups in total. The van der Waals surface area contributed by atoms with Gasteiger partial charge in [-0.15, -0.1) is 0 Å². The third kappa shape index (κ3) is 2.89. The Morgan fingerprint density at radius 1 is 1.19 bits per heavy atom. The van der Waals surface area contributed by atoms with E-state index in [9.17, 15) is 4.79 Å². The second-order valence-electron chi connectivity index (χ2n) is 6.52. The van der Waals surface area contributed by atoms with Crippen molar-refractivity contribution in [2.24, 2.45) is 0 Å². The Labute approximate surface area is 151 Å². The van der Waals surface area contributed by atoms with Gasteiger partial charge in [-0.2, -0.15) is 0 Å². The van der Waals surface area contributed by atoms with Gasteiger partial charge in [-0.3, -0.25) is 0 Å². The van der Waals surface area contributed by atoms with Crippen LogP contribution in [0.1, 0.15) is 42.1 Å². The number of carboxylic acids is 1. The number of aromatic carboxylic acids is 1. The summed E-state index contributed by atoms with van der Waals surface area (Å²) in [5, 5.41) is 8.94. The summed E-state index contributed by atoms with van der Waals surface area (Å²) in [5.74, 6) is 0.816. The zero-order valence-corrected chi connectivity index (χ0v) is 14.7. The fraction of sp³-hybridized carbons (Fsp3) is 0.368. The fourth-order valence-electron chi connectivity index (χ4n) is 3.70. The van der Waals surface area contributed by atoms with Gasteiger partial charge in [0.25, 0.3) is 0 Å². The fourth-order valence-corrected chi connectivity index (χ4v) is 3.70. The van der Waals surface area contributed by atoms with Crippen LogP contribution in [0, 0.1) is 0 Å². The van der Waals surface area contributed by atoms with E-state index in [1.165, 1.54) is 11.7 Å². The Balaban J connectivity index is 1.53. The molecule has 1 aromatic carbocycles. The molecular formula is C19H21N5O2. The molecule has 0 saturated carbocycles. The van der Waals surface area contributed by atoms with E-state index in [4.69, 9.17) is 10.1 Å². The number of imidazole rings is 1. The zero-order chi connectivity index (χ0) is 18.1. The number of aromatic nitrogens is 4. The van der Waals surface area contributed by atoms with Crippen molar-refractivity contribution in [2.75, 3.05) is 18.0 Å². The van der Waals surface area contributed by atoms with Gasteiger partial charge in [-0.1, -0.05) is 19.1 Å². The summed E-state index contributed by atoms with van der Waals surface area (Å²) in [4.78, 5) is 26.1. The average Bonchev–Trinajstić information content (AvgIpc) is 3.07. The second kappa shape index (κ2) is 6.74. The highest BCUT2D eigenvalue weighted by Gasteiger charge is 2.25. The second-order valence-corrected chi connectivity index (χ2v) is 6.52. The predicted molar refractivity (Wildman–Crippen MR) is 98.6 cm³/mol. The van der Waals surface area contributed by atoms with E-state index in [0.717, 1.165) is 49.5 Å². The number of carbonyl (C=O) groups is 1. The van der Waals surface area contributed by atoms with E-state index in [1.807, 2.05) is 6.07 Å². The minimum absolute atomic E-state index is 0.0268. The van der Waals surface area contributed by atoms with E-state index < -0.39 is 5.97 Å². The summed E-state index contributed by atoms with van der Waals surface area (Å²) >= 11 is 0. The highest BCUT2D eigenvalue weighted by atomic mass is 16.4. The summed E-state index contributed by atoms with van der Waals surface area (Å²) in [6.45, 7) is 3.87. The molecule has 0 amide bonds. The van der Waals surface area contributed by atoms with Crippen LogP contribution in [0.3, 0.4) is 0 Å². The van der Waals surface area contributed by atoms with E-state index in [-0.39, 0.29) is 5.69 Å². The number of hydrogen-bond donors (Lipinski definition) is 1. The molecule has 0 radical (unpaired) electrons. The lowest BCUT2D eigenvalue weighted by Crippen LogP contribution is -2.35. The lowest BCUT2D eigenvalue weighted by Gasteiger charge is -2.34. The molecule has 3 heterocycles. The number of rotatable bonds is 4. The van der Waals surface area contributed by atoms with Crippen molar-refractivity contribution in [3.63, 3.8) is 0 Å². The predicted octanol–water partition coefficient (Wildman–Crippen LogP) is 2.93. The number of carboxylic acid groups (broad SMARTS) is 1. The molecule has 0 aliphatic carbocycles. The Morgan fingerprint density at radius 3 is 2.62 bits per heavy atom. The van der Waals surface area contributed by atoms with Crippen molar-refractivity contribution in [1.29, 1.82) is 0 Å². The summed E-state index contributed by atoms with van der Waals surface area (Å²) in [7, 11) is 0. The van der Waals surface area contributed by atoms with Gasteiger partial charge in [0.15, 0.2) is 5.69 Å². The van der Waals surface area contributed by atoms with E-state index >= 15 is 0 Å². The number of nitrogens with zero attached hydrogens (tertiary/aromatic N) is 5. The molecule has 3 aromatic rings. The third-order valence-electron chi connectivity index (χ3n) is 5.00. The molecule has 2 aromatic heterocycles. The molecule has 0 spiro atoms. The van der Waals surface area contributed by atoms with Crippen molar-refractivity contribution >= 4 is 22.8 Å². The van der Waals surface area contributed by atoms with Crippen molar-refractivity contribution in [1.82, 2.24) is 19.5 Å². The first-order valence-electron chi connectivity index (χ1n) is 8.93. The molecule has 0 atom stereocenters. The Morgan fingerprint density at radius 2 is 1.96 bits per heavy atom. The van der Waals surface area contributed by atoms with Gasteiger partial charge < -0.3 is 14.6 Å². The van der Waals surface area contributed by atoms with Crippen molar-refractivity contribution < 1.29 is 9.90 Å². The maximum absolute atomic E-state index is 10.9. The van der Waals surface area contributed by atoms with E-state index in [0.29, 0.717) is 6.04 Å². The molecule has 0 bridgehead atoms. The number of anilines is 1. The van der Waals surface area contributed by atoms with Crippen molar-refractivity contribution in [3.05, 3.63) is 48.2 Å². The van der Waals surface area contributed by atoms with Crippen LogP contribution in [0.15, 0.2) is 36.7 Å². The lowest BCUT2D eigenvalue weighted by atomic mass is 10.0. The molecule has 134 valence electrons. The first-order valence-corrected chi connectivity index (χ1v) is 8.93. The van der Waals surface area contributed by atoms with E-state index in [2.05, 4.69) is 44.6 Å². The maximum Gasteiger partial charge on any atom is 0.356 e. The average molecular weight is 351 g/mol. The monoisotopic (exact) mass is 351 g/mol. The number of piperidine rings is 1. The Hall–Kier alpha value is -2.96. The number of para-hydroxylation sites is 2. The highest BCUT2D eigenvalue weighted by molar-refractivity contribution is 5.84. The van der Waals surface area contributed by atoms with E-state index in [1.54, 1.807) is 6.20 Å². The molecule has 1 aliphatic rings. The van der Waals surface area contributed by atoms with Crippen LogP contribution >= 0.6 is 0 Å². The summed E-state index contributed by atoms with van der Waals surface area (Å²) in [6.07, 6.45) is 5.78. The van der Waals surface area contributed by atoms with Gasteiger partial charge >= 0.3 is 5.97 Å². The quantitative estimate of drug-likeness (QED) is 0.778. The van der Waals surface area contributed by atoms with Crippen LogP contribution in [-0.2, 0) is 6.42 Å². The minimum atomic E-state index is -1.05. The van der Waals surface area contributed by atoms with Gasteiger partial charge in [-0.05, 0) is 25.0 Å². The van der Waals surface area contributed by atoms with Crippen LogP contribution in [0.4, 0.5) is 5.82 Å². The molecule has 1 fully saturated rings. The van der Waals surface area contributed by atoms with Crippen LogP contribution in [0.2, 0.25) is 0 Å². The SMILES string of the molecule is CCc1nc2ccccc2n1C1CCN(c2cnc(C(=O)O)cn2)CC1. The molecular weight excluding hydrogens is 330 g/mol. The molecule has 0 unspecified atom stereocenters. The maximum atomic E-state index is 10.9. The number of aryl methyl sites for hydroxylation is 1. The molecule has 7 nitrogen and oxygen atoms in total. The third-order valence-corrected chi connectivity index (χ3v) is 5.00. The Bertz CT molecular complexity index is 927. The number of fused-ring (bicyclic) bond motifs is 1. The first-order chi connectivity index (χ1) is 12.7. The summed E-state index contributed by atoms with van der Waals surface area (Å²) in [6, 6.07) is 8.72. The topological polar surface area (TPSA) is 84.1 Å². The van der Waals surface area contributed by atoms with Gasteiger partial charge in [0.05, 0.1) is 23.4 Å². The van der Waals surface area contributed by atoms with Crippen LogP contribution in [-0.4, -0.2) is 43.7 Å². The van der Waals surface area contributed by atoms with Gasteiger partial charge in [0.2, 0.25) is 0 Å². The molecule has 26 heavy (non-hydrogen) atoms. The summed E-state index contributed by atoms with van der Waals surface area (Å²) in [5.41, 5.74) is 2.23. The highest BCUT2D eigenvalue weighted by Crippen LogP contribution is 2.30. The van der Waals surface area contributed by atoms with Crippen molar-refractivity contribution in [3.8, 4) is 0 Å². The van der Waals surface area contributed by atoms with Gasteiger partial charge in [-0.25, -0.2) is 19.7 Å². The summed E-state index contributed by atoms with van der Waals surface area (Å²) < 4.78 is 2.39. The molecule has 7 heteroatoms.